The van der Waals surface area contributed by atoms with E-state index in [4.69, 9.17) is 9.47 Å². The number of allylic oxidation sites excluding steroid dienone is 4. The van der Waals surface area contributed by atoms with Crippen LogP contribution in [0.15, 0.2) is 61.8 Å². The van der Waals surface area contributed by atoms with Crippen molar-refractivity contribution in [3.63, 3.8) is 0 Å². The summed E-state index contributed by atoms with van der Waals surface area (Å²) >= 11 is 0. The molecule has 0 saturated heterocycles. The van der Waals surface area contributed by atoms with E-state index >= 15 is 0 Å². The van der Waals surface area contributed by atoms with E-state index in [0.29, 0.717) is 30.1 Å². The Labute approximate surface area is 572 Å². The Balaban J connectivity index is 7.22. The van der Waals surface area contributed by atoms with Gasteiger partial charge in [0.15, 0.2) is 6.10 Å². The fourth-order valence-corrected chi connectivity index (χ4v) is 10.1. The highest BCUT2D eigenvalue weighted by atomic mass is 19.4. The summed E-state index contributed by atoms with van der Waals surface area (Å²) in [6.07, 6.45) is -2.10. The first kappa shape index (κ1) is 89.4. The topological polar surface area (TPSA) is 323 Å². The van der Waals surface area contributed by atoms with E-state index < -0.39 is 164 Å². The Morgan fingerprint density at radius 3 is 1.41 bits per heavy atom. The van der Waals surface area contributed by atoms with Crippen LogP contribution in [0.2, 0.25) is 0 Å². The maximum Gasteiger partial charge on any atom is 0.416 e. The number of carbonyl (C=O) groups is 12. The van der Waals surface area contributed by atoms with E-state index in [1.54, 1.807) is 81.3 Å². The number of likely N-dealkylation sites (N-methyl/N-ethyl adjacent to an activating group) is 6. The van der Waals surface area contributed by atoms with E-state index in [-0.39, 0.29) is 62.9 Å². The molecule has 550 valence electrons. The number of hydrogen-bond acceptors (Lipinski definition) is 16. The Morgan fingerprint density at radius 1 is 0.526 bits per heavy atom. The second-order valence-corrected chi connectivity index (χ2v) is 26.7. The Hall–Kier alpha value is -7.63. The molecule has 0 radical (unpaired) electrons. The van der Waals surface area contributed by atoms with Crippen LogP contribution < -0.4 is 26.6 Å². The predicted octanol–water partition coefficient (Wildman–Crippen LogP) is 3.43. The molecule has 11 atom stereocenters. The lowest BCUT2D eigenvalue weighted by molar-refractivity contribution is -0.217. The molecule has 0 heterocycles. The van der Waals surface area contributed by atoms with E-state index in [9.17, 15) is 75.8 Å². The van der Waals surface area contributed by atoms with Crippen LogP contribution in [0.25, 0.3) is 0 Å². The monoisotopic (exact) mass is 1380 g/mol. The number of halogens is 3. The first-order chi connectivity index (χ1) is 44.9. The average molecular weight is 1380 g/mol. The number of alkyl halides is 3. The molecule has 0 aromatic rings. The largest absolute Gasteiger partial charge is 0.416 e. The molecule has 0 aliphatic heterocycles. The summed E-state index contributed by atoms with van der Waals surface area (Å²) in [4.78, 5) is 174. The van der Waals surface area contributed by atoms with Crippen molar-refractivity contribution < 1.29 is 85.3 Å². The number of carbonyl (C=O) groups excluding carboxylic acids is 12. The lowest BCUT2D eigenvalue weighted by Crippen LogP contribution is -2.60. The summed E-state index contributed by atoms with van der Waals surface area (Å²) in [6.45, 7) is 31.9. The summed E-state index contributed by atoms with van der Waals surface area (Å²) < 4.78 is 50.2. The molecular formula is C68H112F3N11O15. The van der Waals surface area contributed by atoms with Crippen molar-refractivity contribution in [3.05, 3.63) is 61.8 Å². The van der Waals surface area contributed by atoms with Crippen molar-refractivity contribution in [2.45, 2.75) is 206 Å². The van der Waals surface area contributed by atoms with Gasteiger partial charge in [0.25, 0.3) is 0 Å². The second kappa shape index (κ2) is 42.9. The zero-order valence-electron chi connectivity index (χ0n) is 60.3. The van der Waals surface area contributed by atoms with Gasteiger partial charge in [-0.2, -0.15) is 13.2 Å². The van der Waals surface area contributed by atoms with Gasteiger partial charge in [-0.05, 0) is 84.7 Å². The van der Waals surface area contributed by atoms with Gasteiger partial charge in [0.1, 0.15) is 60.9 Å². The quantitative estimate of drug-likeness (QED) is 0.0376. The molecule has 97 heavy (non-hydrogen) atoms. The summed E-state index contributed by atoms with van der Waals surface area (Å²) in [6, 6.07) is -13.2. The maximum atomic E-state index is 14.8. The van der Waals surface area contributed by atoms with Gasteiger partial charge in [-0.3, -0.25) is 52.8 Å². The molecule has 6 N–H and O–H groups in total. The number of rotatable bonds is 45. The molecular weight excluding hydrogens is 1270 g/mol. The van der Waals surface area contributed by atoms with Crippen LogP contribution >= 0.6 is 0 Å². The van der Waals surface area contributed by atoms with Gasteiger partial charge < -0.3 is 75.3 Å². The van der Waals surface area contributed by atoms with E-state index in [0.717, 1.165) is 24.5 Å². The van der Waals surface area contributed by atoms with E-state index in [1.807, 2.05) is 6.92 Å². The lowest BCUT2D eigenvalue weighted by atomic mass is 9.98. The first-order valence-electron chi connectivity index (χ1n) is 32.5. The maximum absolute atomic E-state index is 14.8. The van der Waals surface area contributed by atoms with Crippen molar-refractivity contribution in [2.24, 2.45) is 17.8 Å². The van der Waals surface area contributed by atoms with Crippen molar-refractivity contribution in [2.75, 3.05) is 75.7 Å². The Morgan fingerprint density at radius 2 is 0.959 bits per heavy atom. The lowest BCUT2D eigenvalue weighted by Gasteiger charge is -2.37. The number of aliphatic hydroxyl groups is 1. The summed E-state index contributed by atoms with van der Waals surface area (Å²) in [5.74, 6) is -8.71. The zero-order valence-corrected chi connectivity index (χ0v) is 60.3. The molecule has 29 heteroatoms. The van der Waals surface area contributed by atoms with Crippen molar-refractivity contribution in [1.82, 2.24) is 56.0 Å². The number of hydrogen-bond donors (Lipinski definition) is 6. The number of nitrogens with zero attached hydrogens (tertiary/aromatic N) is 6. The highest BCUT2D eigenvalue weighted by Crippen LogP contribution is 2.23. The summed E-state index contributed by atoms with van der Waals surface area (Å²) in [7, 11) is 9.95. The van der Waals surface area contributed by atoms with Gasteiger partial charge in [0.05, 0.1) is 50.5 Å². The highest BCUT2D eigenvalue weighted by Gasteiger charge is 2.43. The molecule has 0 rings (SSSR count). The molecule has 0 aliphatic carbocycles. The van der Waals surface area contributed by atoms with Crippen LogP contribution in [0, 0.1) is 17.8 Å². The zero-order chi connectivity index (χ0) is 75.2. The van der Waals surface area contributed by atoms with Gasteiger partial charge in [0, 0.05) is 48.1 Å². The minimum atomic E-state index is -5.06. The molecule has 0 aromatic heterocycles. The fourth-order valence-electron chi connectivity index (χ4n) is 10.1. The molecule has 0 fully saturated rings. The van der Waals surface area contributed by atoms with Crippen LogP contribution in [-0.2, 0) is 67.0 Å². The number of amides is 10. The third-order valence-electron chi connectivity index (χ3n) is 15.6. The summed E-state index contributed by atoms with van der Waals surface area (Å²) in [5.41, 5.74) is -0.0402. The van der Waals surface area contributed by atoms with E-state index in [2.05, 4.69) is 52.9 Å². The smallest absolute Gasteiger partial charge is 0.382 e. The fraction of sp³-hybridized carbons (Fsp3) is 0.676. The van der Waals surface area contributed by atoms with Crippen molar-refractivity contribution in [3.8, 4) is 0 Å². The molecule has 10 amide bonds. The second-order valence-electron chi connectivity index (χ2n) is 26.7. The average Bonchev–Trinajstić information content (AvgIpc) is 0.831. The van der Waals surface area contributed by atoms with Crippen LogP contribution in [-0.4, -0.2) is 260 Å². The van der Waals surface area contributed by atoms with Crippen molar-refractivity contribution in [1.29, 1.82) is 0 Å². The molecule has 0 aliphatic rings. The number of ether oxygens (including phenoxy) is 2. The molecule has 0 spiro atoms. The van der Waals surface area contributed by atoms with Gasteiger partial charge >= 0.3 is 6.18 Å². The molecule has 0 bridgehead atoms. The normalized spacial score (nSPS) is 15.2. The predicted molar refractivity (Wildman–Crippen MR) is 362 cm³/mol. The summed E-state index contributed by atoms with van der Waals surface area (Å²) in [5, 5.41) is 22.6. The molecule has 0 saturated carbocycles. The van der Waals surface area contributed by atoms with Crippen LogP contribution in [0.5, 0.6) is 0 Å². The molecule has 26 nitrogen and oxygen atoms in total. The Kier molecular flexibility index (Phi) is 39.5. The van der Waals surface area contributed by atoms with Gasteiger partial charge in [-0.25, -0.2) is 0 Å². The minimum Gasteiger partial charge on any atom is -0.382 e. The first-order valence-corrected chi connectivity index (χ1v) is 32.5. The van der Waals surface area contributed by atoms with Crippen LogP contribution in [0.1, 0.15) is 128 Å². The van der Waals surface area contributed by atoms with Crippen LogP contribution in [0.4, 0.5) is 13.2 Å². The third-order valence-corrected chi connectivity index (χ3v) is 15.6. The van der Waals surface area contributed by atoms with E-state index in [1.165, 1.54) is 66.5 Å². The standard InChI is InChI=1S/C68H112F3N11O15/c1-23-27-28-45(12)35-54(61(90)74-48(32-42(7)8)64(93)79(19)52(26-4)59(88)75-49(62(91)78(18)29-30-83)38-96-40-56(85)68(69,70)71)80(20)63(92)47(31-41(5)6)73-57(86)36-46(37-84)72-60(89)53(33-43(9)10)81(21)66(95)55(34-44(11)24-2)82(22)65(94)50(39-97-67(13,14)15)76-58(87)51(25-3)77(16)17/h23-24,27-28,30,37,41-43,46-56,85H,1-2,11-12,25-26,29,31-36,38-40H2,3-10,13-22H3,(H,72,89)(H,73,86)(H,74,90)(H,75,88)(H,76,87)/b28-27-/t46?,47?,48-,49-,50-,51-,52-,53-,54-,55-,56?/m0/s1. The third kappa shape index (κ3) is 31.2. The minimum absolute atomic E-state index is 0.00823. The number of aldehydes is 2. The Bertz CT molecular complexity index is 2730. The number of aliphatic hydroxyl groups excluding tert-OH is 1. The van der Waals surface area contributed by atoms with Gasteiger partial charge in [0.2, 0.25) is 59.1 Å². The van der Waals surface area contributed by atoms with Gasteiger partial charge in [-0.15, -0.1) is 0 Å². The molecule has 3 unspecified atom stereocenters. The molecule has 0 aromatic carbocycles. The van der Waals surface area contributed by atoms with Crippen LogP contribution in [0.3, 0.4) is 0 Å². The number of nitrogens with one attached hydrogen (secondary N) is 5. The SMILES string of the molecule is C=C/C=C\C(=C)C[C@@H](C(=O)N[C@@H](CC(C)C)C(=O)N(C)[C@@H](CC)C(=O)N[C@@H](COCC(O)C(F)(F)F)C(=O)N(C)CC=O)N(C)C(=O)C(CC(C)C)NC(=O)CC(C=O)NC(=O)[C@H](CC(C)C)N(C)C(=O)[C@H](CC(=C)C=C)N(C)C(=O)[C@H](COC(C)(C)C)NC(=O)[C@H](CC)N(C)C. The van der Waals surface area contributed by atoms with Crippen molar-refractivity contribution >= 4 is 71.6 Å². The highest BCUT2D eigenvalue weighted by molar-refractivity contribution is 5.98. The van der Waals surface area contributed by atoms with Gasteiger partial charge in [-0.1, -0.05) is 117 Å².